The fourth-order valence-corrected chi connectivity index (χ4v) is 3.19. The van der Waals surface area contributed by atoms with Crippen LogP contribution in [-0.4, -0.2) is 35.6 Å². The third-order valence-electron chi connectivity index (χ3n) is 4.54. The highest BCUT2D eigenvalue weighted by Crippen LogP contribution is 2.40. The Hall–Kier alpha value is -1.16. The lowest BCUT2D eigenvalue weighted by Crippen LogP contribution is -2.41. The van der Waals surface area contributed by atoms with Crippen LogP contribution in [0.15, 0.2) is 23.7 Å². The molecule has 0 radical (unpaired) electrons. The maximum absolute atomic E-state index is 12.4. The predicted molar refractivity (Wildman–Crippen MR) is 105 cm³/mol. The molecule has 1 heterocycles. The average Bonchev–Trinajstić information content (AvgIpc) is 2.71. The topological polar surface area (TPSA) is 44.8 Å². The molecule has 1 aliphatic rings. The summed E-state index contributed by atoms with van der Waals surface area (Å²) in [4.78, 5) is 11.4. The Morgan fingerprint density at radius 3 is 2.29 bits per heavy atom. The average molecular weight is 437 g/mol. The van der Waals surface area contributed by atoms with Crippen LogP contribution in [0.2, 0.25) is 5.02 Å². The number of alkyl halides is 3. The van der Waals surface area contributed by atoms with E-state index in [0.29, 0.717) is 16.8 Å². The maximum Gasteiger partial charge on any atom is 0.573 e. The van der Waals surface area contributed by atoms with Gasteiger partial charge >= 0.3 is 13.5 Å². The van der Waals surface area contributed by atoms with Gasteiger partial charge in [0.15, 0.2) is 5.12 Å². The van der Waals surface area contributed by atoms with Crippen molar-refractivity contribution in [3.63, 3.8) is 0 Å². The van der Waals surface area contributed by atoms with Crippen molar-refractivity contribution < 1.29 is 32.0 Å². The van der Waals surface area contributed by atoms with Gasteiger partial charge in [-0.15, -0.1) is 13.2 Å². The Balaban J connectivity index is 2.33. The van der Waals surface area contributed by atoms with Crippen LogP contribution in [0.25, 0.3) is 6.08 Å². The molecule has 1 aliphatic heterocycles. The molecule has 0 atom stereocenters. The van der Waals surface area contributed by atoms with Gasteiger partial charge < -0.3 is 14.0 Å². The molecule has 0 N–H and O–H groups in total. The van der Waals surface area contributed by atoms with E-state index in [0.717, 1.165) is 17.8 Å². The molecular weight excluding hydrogens is 416 g/mol. The molecule has 154 valence electrons. The molecule has 0 aliphatic carbocycles. The predicted octanol–water partition coefficient (Wildman–Crippen LogP) is 5.53. The number of ether oxygens (including phenoxy) is 1. The molecule has 0 aromatic heterocycles. The minimum absolute atomic E-state index is 0.0728. The lowest BCUT2D eigenvalue weighted by atomic mass is 9.78. The molecule has 10 heteroatoms. The van der Waals surface area contributed by atoms with E-state index < -0.39 is 30.4 Å². The number of benzene rings is 1. The molecule has 0 bridgehead atoms. The summed E-state index contributed by atoms with van der Waals surface area (Å²) < 4.78 is 53.0. The van der Waals surface area contributed by atoms with Gasteiger partial charge in [0, 0.05) is 12.7 Å². The summed E-state index contributed by atoms with van der Waals surface area (Å²) in [5.41, 5.74) is -0.0483. The van der Waals surface area contributed by atoms with Crippen LogP contribution in [-0.2, 0) is 14.1 Å². The maximum atomic E-state index is 12.4. The SMILES string of the molecule is CC(=O)SCC(=Cc1ccc(OC(F)(F)F)cc1Cl)B1OC(C)(C)C(C)(C)O1. The van der Waals surface area contributed by atoms with E-state index in [2.05, 4.69) is 4.74 Å². The van der Waals surface area contributed by atoms with Crippen LogP contribution in [0, 0.1) is 0 Å². The number of hydrogen-bond acceptors (Lipinski definition) is 5. The summed E-state index contributed by atoms with van der Waals surface area (Å²) in [5.74, 6) is -0.117. The summed E-state index contributed by atoms with van der Waals surface area (Å²) in [7, 11) is -0.709. The quantitative estimate of drug-likeness (QED) is 0.568. The zero-order valence-electron chi connectivity index (χ0n) is 16.1. The van der Waals surface area contributed by atoms with Gasteiger partial charge in [-0.25, -0.2) is 0 Å². The van der Waals surface area contributed by atoms with E-state index in [9.17, 15) is 18.0 Å². The highest BCUT2D eigenvalue weighted by Gasteiger charge is 2.52. The van der Waals surface area contributed by atoms with Crippen molar-refractivity contribution >= 4 is 41.7 Å². The van der Waals surface area contributed by atoms with Gasteiger partial charge in [-0.2, -0.15) is 0 Å². The van der Waals surface area contributed by atoms with E-state index >= 15 is 0 Å². The first-order chi connectivity index (χ1) is 12.7. The third-order valence-corrected chi connectivity index (χ3v) is 5.76. The molecule has 1 aromatic rings. The molecule has 0 spiro atoms. The van der Waals surface area contributed by atoms with Gasteiger partial charge in [0.2, 0.25) is 0 Å². The van der Waals surface area contributed by atoms with E-state index in [4.69, 9.17) is 20.9 Å². The standard InChI is InChI=1S/C18H21BClF3O4S/c1-11(24)28-10-13(19-26-16(2,3)17(4,5)27-19)8-12-6-7-14(9-15(12)20)25-18(21,22)23/h6-9H,10H2,1-5H3. The van der Waals surface area contributed by atoms with Gasteiger partial charge in [-0.05, 0) is 56.9 Å². The number of thioether (sulfide) groups is 1. The number of carbonyl (C=O) groups is 1. The normalized spacial score (nSPS) is 19.0. The van der Waals surface area contributed by atoms with Crippen molar-refractivity contribution in [3.05, 3.63) is 34.3 Å². The number of carbonyl (C=O) groups excluding carboxylic acids is 1. The Morgan fingerprint density at radius 1 is 1.25 bits per heavy atom. The second kappa shape index (κ2) is 8.30. The van der Waals surface area contributed by atoms with Gasteiger partial charge in [0.25, 0.3) is 0 Å². The summed E-state index contributed by atoms with van der Waals surface area (Å²) >= 11 is 7.22. The summed E-state index contributed by atoms with van der Waals surface area (Å²) in [6.07, 6.45) is -3.13. The number of rotatable bonds is 5. The van der Waals surface area contributed by atoms with Crippen LogP contribution in [0.3, 0.4) is 0 Å². The molecule has 0 amide bonds. The number of hydrogen-bond donors (Lipinski definition) is 0. The molecule has 28 heavy (non-hydrogen) atoms. The largest absolute Gasteiger partial charge is 0.573 e. The van der Waals surface area contributed by atoms with Gasteiger partial charge in [0.05, 0.1) is 16.2 Å². The number of halogens is 4. The van der Waals surface area contributed by atoms with Crippen LogP contribution in [0.4, 0.5) is 13.2 Å². The van der Waals surface area contributed by atoms with Crippen molar-refractivity contribution in [2.24, 2.45) is 0 Å². The molecule has 4 nitrogen and oxygen atoms in total. The Bertz CT molecular complexity index is 765. The lowest BCUT2D eigenvalue weighted by Gasteiger charge is -2.32. The highest BCUT2D eigenvalue weighted by molar-refractivity contribution is 8.13. The zero-order valence-corrected chi connectivity index (χ0v) is 17.7. The fraction of sp³-hybridized carbons (Fsp3) is 0.500. The molecule has 1 aromatic carbocycles. The molecule has 0 saturated carbocycles. The Kier molecular flexibility index (Phi) is 6.85. The van der Waals surface area contributed by atoms with Gasteiger partial charge in [0.1, 0.15) is 5.75 Å². The molecular formula is C18H21BClF3O4S. The van der Waals surface area contributed by atoms with Crippen molar-refractivity contribution in [1.29, 1.82) is 0 Å². The van der Waals surface area contributed by atoms with Crippen LogP contribution >= 0.6 is 23.4 Å². The van der Waals surface area contributed by atoms with E-state index in [1.165, 1.54) is 19.1 Å². The van der Waals surface area contributed by atoms with E-state index in [-0.39, 0.29) is 10.1 Å². The summed E-state index contributed by atoms with van der Waals surface area (Å²) in [6, 6.07) is 3.67. The first-order valence-corrected chi connectivity index (χ1v) is 9.81. The van der Waals surface area contributed by atoms with Crippen molar-refractivity contribution in [2.75, 3.05) is 5.75 Å². The van der Waals surface area contributed by atoms with E-state index in [1.807, 2.05) is 27.7 Å². The Labute approximate surface area is 171 Å². The third kappa shape index (κ3) is 5.92. The molecule has 2 rings (SSSR count). The summed E-state index contributed by atoms with van der Waals surface area (Å²) in [6.45, 7) is 9.05. The van der Waals surface area contributed by atoms with Crippen molar-refractivity contribution in [3.8, 4) is 5.75 Å². The minimum Gasteiger partial charge on any atom is -0.406 e. The highest BCUT2D eigenvalue weighted by atomic mass is 35.5. The first kappa shape index (κ1) is 23.1. The monoisotopic (exact) mass is 436 g/mol. The minimum atomic E-state index is -4.80. The van der Waals surface area contributed by atoms with Crippen LogP contribution in [0.5, 0.6) is 5.75 Å². The second-order valence-corrected chi connectivity index (χ2v) is 8.88. The first-order valence-electron chi connectivity index (χ1n) is 8.45. The van der Waals surface area contributed by atoms with Crippen LogP contribution in [0.1, 0.15) is 40.2 Å². The molecule has 1 fully saturated rings. The van der Waals surface area contributed by atoms with E-state index in [1.54, 1.807) is 6.08 Å². The molecule has 0 unspecified atom stereocenters. The molecule has 1 saturated heterocycles. The van der Waals surface area contributed by atoms with Crippen molar-refractivity contribution in [2.45, 2.75) is 52.2 Å². The Morgan fingerprint density at radius 2 is 1.82 bits per heavy atom. The fourth-order valence-electron chi connectivity index (χ4n) is 2.38. The van der Waals surface area contributed by atoms with Gasteiger partial charge in [-0.3, -0.25) is 4.79 Å². The lowest BCUT2D eigenvalue weighted by molar-refractivity contribution is -0.274. The smallest absolute Gasteiger partial charge is 0.406 e. The summed E-state index contributed by atoms with van der Waals surface area (Å²) in [5, 5.41) is -0.00830. The van der Waals surface area contributed by atoms with Crippen molar-refractivity contribution in [1.82, 2.24) is 0 Å². The second-order valence-electron chi connectivity index (χ2n) is 7.32. The van der Waals surface area contributed by atoms with Crippen LogP contribution < -0.4 is 4.74 Å². The zero-order chi connectivity index (χ0) is 21.3. The van der Waals surface area contributed by atoms with Gasteiger partial charge in [-0.1, -0.05) is 29.4 Å².